The molecule has 0 heterocycles. The Kier molecular flexibility index (Phi) is 17.8. The minimum Gasteiger partial charge on any atom is -0.207 e. The van der Waals surface area contributed by atoms with Crippen LogP contribution in [0.5, 0.6) is 0 Å². The van der Waals surface area contributed by atoms with Gasteiger partial charge in [-0.2, -0.15) is 0 Å². The highest BCUT2D eigenvalue weighted by atomic mass is 31.2. The van der Waals surface area contributed by atoms with E-state index in [1.165, 1.54) is 51.4 Å². The summed E-state index contributed by atoms with van der Waals surface area (Å²) in [5.74, 6) is -71.4. The van der Waals surface area contributed by atoms with Crippen molar-refractivity contribution in [1.29, 1.82) is 0 Å². The molecule has 0 fully saturated rings. The van der Waals surface area contributed by atoms with E-state index in [4.69, 9.17) is 0 Å². The third kappa shape index (κ3) is 9.15. The number of hydrogen-bond acceptors (Lipinski definition) is 0. The number of hydrogen-bond donors (Lipinski definition) is 0. The number of rotatable bonds is 16. The summed E-state index contributed by atoms with van der Waals surface area (Å²) in [6, 6.07) is 0. The van der Waals surface area contributed by atoms with Gasteiger partial charge in [0.2, 0.25) is 0 Å². The first-order valence-corrected chi connectivity index (χ1v) is 21.6. The molecule has 22 heteroatoms. The van der Waals surface area contributed by atoms with Crippen LogP contribution in [-0.4, -0.2) is 30.8 Å². The summed E-state index contributed by atoms with van der Waals surface area (Å²) in [6.07, 6.45) is 10.7. The first kappa shape index (κ1) is 52.3. The van der Waals surface area contributed by atoms with Gasteiger partial charge in [0.15, 0.2) is 69.8 Å². The fraction of sp³-hybridized carbons (Fsp3) is 0.400. The topological polar surface area (TPSA) is 0 Å². The molecule has 0 saturated carbocycles. The summed E-state index contributed by atoms with van der Waals surface area (Å²) in [7, 11) is -0.562. The van der Waals surface area contributed by atoms with Crippen LogP contribution in [0, 0.1) is 116 Å². The van der Waals surface area contributed by atoms with Crippen LogP contribution in [0.2, 0.25) is 0 Å². The Labute approximate surface area is 343 Å². The molecule has 0 radical (unpaired) electrons. The molecular formula is C40H36BF20P. The van der Waals surface area contributed by atoms with Gasteiger partial charge in [0.1, 0.15) is 52.7 Å². The van der Waals surface area contributed by atoms with Crippen molar-refractivity contribution in [1.82, 2.24) is 0 Å². The van der Waals surface area contributed by atoms with E-state index in [1.807, 2.05) is 0 Å². The molecular weight excluding hydrogens is 902 g/mol. The standard InChI is InChI=1S/C24BF20.C16H36P/c26-5-1(6(27)14(35)21(42)13(5)34)25(2-7(28)15(36)22(43)16(37)8(2)29,3-9(30)17(38)23(44)18(39)10(3)31)4-11(32)19(40)24(45)20(41)12(4)33;1-5-9-13-17(14-10-6-2,15-11-7-3)16-12-8-4/h;5-16H2,1-4H3/q-1;+1. The maximum absolute atomic E-state index is 15.4. The maximum Gasteiger partial charge on any atom is 0.200 e. The molecule has 0 N–H and O–H groups in total. The summed E-state index contributed by atoms with van der Waals surface area (Å²) in [5, 5.41) is 0. The second kappa shape index (κ2) is 21.1. The molecule has 0 aliphatic rings. The van der Waals surface area contributed by atoms with Crippen LogP contribution in [-0.2, 0) is 0 Å². The molecule has 0 bridgehead atoms. The van der Waals surface area contributed by atoms with E-state index in [-0.39, 0.29) is 0 Å². The van der Waals surface area contributed by atoms with Gasteiger partial charge in [0.05, 0.1) is 24.6 Å². The first-order chi connectivity index (χ1) is 28.9. The normalized spacial score (nSPS) is 12.0. The Morgan fingerprint density at radius 3 is 0.500 bits per heavy atom. The molecule has 0 amide bonds. The Hall–Kier alpha value is -4.03. The lowest BCUT2D eigenvalue weighted by atomic mass is 9.12. The van der Waals surface area contributed by atoms with Crippen LogP contribution in [0.1, 0.15) is 79.1 Å². The van der Waals surface area contributed by atoms with Crippen molar-refractivity contribution in [2.24, 2.45) is 0 Å². The van der Waals surface area contributed by atoms with Crippen molar-refractivity contribution in [3.8, 4) is 0 Å². The van der Waals surface area contributed by atoms with Crippen molar-refractivity contribution in [2.45, 2.75) is 79.1 Å². The second-order valence-corrected chi connectivity index (χ2v) is 18.9. The molecule has 4 aromatic carbocycles. The van der Waals surface area contributed by atoms with Crippen molar-refractivity contribution in [3.63, 3.8) is 0 Å². The van der Waals surface area contributed by atoms with E-state index in [0.717, 1.165) is 0 Å². The molecule has 0 unspecified atom stereocenters. The molecule has 0 aromatic heterocycles. The van der Waals surface area contributed by atoms with Crippen LogP contribution in [0.4, 0.5) is 87.8 Å². The lowest BCUT2D eigenvalue weighted by Gasteiger charge is -2.44. The average molecular weight is 938 g/mol. The number of unbranched alkanes of at least 4 members (excludes halogenated alkanes) is 4. The predicted molar refractivity (Wildman–Crippen MR) is 195 cm³/mol. The highest BCUT2D eigenvalue weighted by Crippen LogP contribution is 2.61. The Balaban J connectivity index is 0.000000509. The Morgan fingerprint density at radius 1 is 0.242 bits per heavy atom. The van der Waals surface area contributed by atoms with Gasteiger partial charge in [0, 0.05) is 7.26 Å². The average Bonchev–Trinajstić information content (AvgIpc) is 3.25. The Morgan fingerprint density at radius 2 is 0.371 bits per heavy atom. The van der Waals surface area contributed by atoms with Gasteiger partial charge >= 0.3 is 0 Å². The van der Waals surface area contributed by atoms with E-state index in [2.05, 4.69) is 27.7 Å². The third-order valence-corrected chi connectivity index (χ3v) is 15.7. The lowest BCUT2D eigenvalue weighted by molar-refractivity contribution is 0.378. The van der Waals surface area contributed by atoms with Crippen molar-refractivity contribution in [3.05, 3.63) is 116 Å². The fourth-order valence-electron chi connectivity index (χ4n) is 7.52. The van der Waals surface area contributed by atoms with Crippen LogP contribution < -0.4 is 21.9 Å². The summed E-state index contributed by atoms with van der Waals surface area (Å²) in [6.45, 7) is 9.42. The maximum atomic E-state index is 15.4. The quantitative estimate of drug-likeness (QED) is 0.0345. The SMILES string of the molecule is CCCC[P+](CCCC)(CCCC)CCCC.Fc1c(F)c(F)c([B-](c2c(F)c(F)c(F)c(F)c2F)(c2c(F)c(F)c(F)c(F)c2F)c2c(F)c(F)c(F)c(F)c2F)c(F)c1F. The van der Waals surface area contributed by atoms with Crippen LogP contribution in [0.15, 0.2) is 0 Å². The minimum absolute atomic E-state index is 0.562. The molecule has 0 aliphatic carbocycles. The summed E-state index contributed by atoms with van der Waals surface area (Å²) < 4.78 is 294. The molecule has 0 nitrogen and oxygen atoms in total. The van der Waals surface area contributed by atoms with Gasteiger partial charge in [-0.1, -0.05) is 53.4 Å². The van der Waals surface area contributed by atoms with Gasteiger partial charge in [0.25, 0.3) is 0 Å². The van der Waals surface area contributed by atoms with E-state index in [0.29, 0.717) is 0 Å². The zero-order valence-electron chi connectivity index (χ0n) is 33.1. The largest absolute Gasteiger partial charge is 0.207 e. The van der Waals surface area contributed by atoms with Crippen LogP contribution >= 0.6 is 7.26 Å². The molecule has 0 spiro atoms. The fourth-order valence-corrected chi connectivity index (χ4v) is 12.8. The van der Waals surface area contributed by atoms with Gasteiger partial charge in [-0.05, 0) is 25.7 Å². The minimum atomic E-state index is -7.22. The summed E-state index contributed by atoms with van der Waals surface area (Å²) in [5.41, 5.74) is -14.3. The monoisotopic (exact) mass is 938 g/mol. The van der Waals surface area contributed by atoms with Crippen molar-refractivity contribution in [2.75, 3.05) is 24.6 Å². The zero-order chi connectivity index (χ0) is 47.3. The predicted octanol–water partition coefficient (Wildman–Crippen LogP) is 12.1. The molecule has 0 aliphatic heterocycles. The van der Waals surface area contributed by atoms with Gasteiger partial charge in [-0.3, -0.25) is 0 Å². The van der Waals surface area contributed by atoms with E-state index in [9.17, 15) is 52.7 Å². The van der Waals surface area contributed by atoms with E-state index < -0.39 is 152 Å². The highest BCUT2D eigenvalue weighted by molar-refractivity contribution is 7.75. The van der Waals surface area contributed by atoms with Gasteiger partial charge in [-0.15, -0.1) is 21.9 Å². The molecule has 0 atom stereocenters. The van der Waals surface area contributed by atoms with Gasteiger partial charge in [-0.25, -0.2) is 87.8 Å². The van der Waals surface area contributed by atoms with Crippen molar-refractivity contribution < 1.29 is 87.8 Å². The number of benzene rings is 4. The Bertz CT molecular complexity index is 1860. The van der Waals surface area contributed by atoms with E-state index >= 15 is 35.1 Å². The number of halogens is 20. The third-order valence-electron chi connectivity index (χ3n) is 10.7. The molecule has 0 saturated heterocycles. The molecule has 344 valence electrons. The van der Waals surface area contributed by atoms with Crippen LogP contribution in [0.3, 0.4) is 0 Å². The van der Waals surface area contributed by atoms with Crippen LogP contribution in [0.25, 0.3) is 0 Å². The lowest BCUT2D eigenvalue weighted by Crippen LogP contribution is -2.81. The molecule has 62 heavy (non-hydrogen) atoms. The van der Waals surface area contributed by atoms with Gasteiger partial charge < -0.3 is 0 Å². The first-order valence-electron chi connectivity index (χ1n) is 19.0. The smallest absolute Gasteiger partial charge is 0.200 e. The highest BCUT2D eigenvalue weighted by Gasteiger charge is 2.52. The van der Waals surface area contributed by atoms with Crippen molar-refractivity contribution >= 4 is 35.3 Å². The second-order valence-electron chi connectivity index (χ2n) is 14.5. The summed E-state index contributed by atoms with van der Waals surface area (Å²) in [4.78, 5) is 0. The zero-order valence-corrected chi connectivity index (χ0v) is 34.0. The molecule has 4 aromatic rings. The summed E-state index contributed by atoms with van der Waals surface area (Å²) >= 11 is 0. The van der Waals surface area contributed by atoms with E-state index in [1.54, 1.807) is 24.6 Å². The molecule has 4 rings (SSSR count).